The molecule has 1 atom stereocenters. The molecule has 0 aliphatic carbocycles. The first-order valence-electron chi connectivity index (χ1n) is 9.93. The van der Waals surface area contributed by atoms with Gasteiger partial charge in [-0.1, -0.05) is 17.7 Å². The lowest BCUT2D eigenvalue weighted by Gasteiger charge is -2.29. The number of aliphatic imine (C=N–C) groups is 1. The van der Waals surface area contributed by atoms with E-state index in [1.165, 1.54) is 18.6 Å². The molecule has 0 saturated carbocycles. The maximum absolute atomic E-state index is 13.2. The van der Waals surface area contributed by atoms with Gasteiger partial charge in [-0.2, -0.15) is 0 Å². The van der Waals surface area contributed by atoms with E-state index in [1.54, 1.807) is 6.07 Å². The van der Waals surface area contributed by atoms with Gasteiger partial charge in [-0.25, -0.2) is 4.39 Å². The molecular formula is C20H31ClFIN4O. The van der Waals surface area contributed by atoms with Crippen LogP contribution in [0.4, 0.5) is 4.39 Å². The van der Waals surface area contributed by atoms with Crippen LogP contribution in [0.25, 0.3) is 0 Å². The molecule has 8 heteroatoms. The third kappa shape index (κ3) is 7.00. The summed E-state index contributed by atoms with van der Waals surface area (Å²) in [5.74, 6) is 1.35. The van der Waals surface area contributed by atoms with E-state index in [0.717, 1.165) is 64.0 Å². The molecule has 1 unspecified atom stereocenters. The molecular weight excluding hydrogens is 494 g/mol. The molecule has 1 aromatic carbocycles. The van der Waals surface area contributed by atoms with Gasteiger partial charge in [-0.3, -0.25) is 9.89 Å². The quantitative estimate of drug-likeness (QED) is 0.352. The Morgan fingerprint density at radius 3 is 2.82 bits per heavy atom. The van der Waals surface area contributed by atoms with Gasteiger partial charge in [-0.15, -0.1) is 24.0 Å². The van der Waals surface area contributed by atoms with Gasteiger partial charge in [0.1, 0.15) is 5.82 Å². The Kier molecular flexibility index (Phi) is 10.3. The highest BCUT2D eigenvalue weighted by atomic mass is 127. The topological polar surface area (TPSA) is 40.1 Å². The molecule has 2 heterocycles. The van der Waals surface area contributed by atoms with Crippen LogP contribution in [0.5, 0.6) is 0 Å². The fourth-order valence-electron chi connectivity index (χ4n) is 3.76. The molecule has 0 amide bonds. The van der Waals surface area contributed by atoms with E-state index >= 15 is 0 Å². The van der Waals surface area contributed by atoms with Crippen LogP contribution >= 0.6 is 35.6 Å². The van der Waals surface area contributed by atoms with Crippen molar-refractivity contribution in [3.05, 3.63) is 34.6 Å². The second-order valence-corrected chi connectivity index (χ2v) is 7.64. The van der Waals surface area contributed by atoms with Crippen molar-refractivity contribution >= 4 is 41.5 Å². The third-order valence-electron chi connectivity index (χ3n) is 5.20. The van der Waals surface area contributed by atoms with Gasteiger partial charge >= 0.3 is 0 Å². The van der Waals surface area contributed by atoms with Gasteiger partial charge in [0.05, 0.1) is 13.2 Å². The molecule has 0 bridgehead atoms. The number of halogens is 3. The highest BCUT2D eigenvalue weighted by Crippen LogP contribution is 2.19. The molecule has 2 fully saturated rings. The minimum Gasteiger partial charge on any atom is -0.379 e. The van der Waals surface area contributed by atoms with Crippen LogP contribution < -0.4 is 5.32 Å². The van der Waals surface area contributed by atoms with E-state index in [9.17, 15) is 4.39 Å². The van der Waals surface area contributed by atoms with Crippen LogP contribution in [0.15, 0.2) is 23.2 Å². The van der Waals surface area contributed by atoms with Gasteiger partial charge in [0.25, 0.3) is 0 Å². The summed E-state index contributed by atoms with van der Waals surface area (Å²) in [5, 5.41) is 3.88. The monoisotopic (exact) mass is 524 g/mol. The van der Waals surface area contributed by atoms with Crippen molar-refractivity contribution in [2.45, 2.75) is 19.8 Å². The molecule has 2 aliphatic heterocycles. The average Bonchev–Trinajstić information content (AvgIpc) is 3.12. The predicted octanol–water partition coefficient (Wildman–Crippen LogP) is 3.26. The second kappa shape index (κ2) is 12.1. The molecule has 3 rings (SSSR count). The summed E-state index contributed by atoms with van der Waals surface area (Å²) in [6, 6.07) is 4.56. The number of hydrogen-bond donors (Lipinski definition) is 1. The largest absolute Gasteiger partial charge is 0.379 e. The maximum atomic E-state index is 13.2. The average molecular weight is 525 g/mol. The van der Waals surface area contributed by atoms with Crippen molar-refractivity contribution in [1.29, 1.82) is 0 Å². The molecule has 5 nitrogen and oxygen atoms in total. The number of hydrogen-bond acceptors (Lipinski definition) is 3. The highest BCUT2D eigenvalue weighted by Gasteiger charge is 2.27. The molecule has 1 N–H and O–H groups in total. The summed E-state index contributed by atoms with van der Waals surface area (Å²) < 4.78 is 18.6. The standard InChI is InChI=1S/C20H30ClFN4O.HI/c1-2-23-20(24-7-5-17-3-4-18(22)13-19(17)21)26-8-6-16(15-26)14-25-9-11-27-12-10-25;/h3-4,13,16H,2,5-12,14-15H2,1H3,(H,23,24);1H. The Bertz CT molecular complexity index is 643. The molecule has 2 aliphatic rings. The van der Waals surface area contributed by atoms with Crippen LogP contribution in [-0.4, -0.2) is 74.8 Å². The van der Waals surface area contributed by atoms with Crippen molar-refractivity contribution < 1.29 is 9.13 Å². The fourth-order valence-corrected chi connectivity index (χ4v) is 4.02. The van der Waals surface area contributed by atoms with Crippen LogP contribution in [0.1, 0.15) is 18.9 Å². The van der Waals surface area contributed by atoms with Gasteiger partial charge < -0.3 is 15.0 Å². The Balaban J connectivity index is 0.00000280. The predicted molar refractivity (Wildman–Crippen MR) is 123 cm³/mol. The number of guanidine groups is 1. The number of nitrogens with one attached hydrogen (secondary N) is 1. The lowest BCUT2D eigenvalue weighted by Crippen LogP contribution is -2.42. The van der Waals surface area contributed by atoms with E-state index in [-0.39, 0.29) is 29.8 Å². The maximum Gasteiger partial charge on any atom is 0.193 e. The minimum absolute atomic E-state index is 0. The normalized spacial score (nSPS) is 20.9. The zero-order valence-corrected chi connectivity index (χ0v) is 19.6. The first-order valence-corrected chi connectivity index (χ1v) is 10.3. The van der Waals surface area contributed by atoms with E-state index in [4.69, 9.17) is 21.3 Å². The van der Waals surface area contributed by atoms with E-state index in [2.05, 4.69) is 22.0 Å². The summed E-state index contributed by atoms with van der Waals surface area (Å²) in [6.45, 7) is 10.6. The smallest absolute Gasteiger partial charge is 0.193 e. The highest BCUT2D eigenvalue weighted by molar-refractivity contribution is 14.0. The van der Waals surface area contributed by atoms with Crippen LogP contribution in [0.3, 0.4) is 0 Å². The van der Waals surface area contributed by atoms with Crippen LogP contribution in [0.2, 0.25) is 5.02 Å². The van der Waals surface area contributed by atoms with Crippen molar-refractivity contribution in [3.63, 3.8) is 0 Å². The number of rotatable bonds is 6. The summed E-state index contributed by atoms with van der Waals surface area (Å²) in [4.78, 5) is 9.66. The summed E-state index contributed by atoms with van der Waals surface area (Å²) in [7, 11) is 0. The second-order valence-electron chi connectivity index (χ2n) is 7.24. The van der Waals surface area contributed by atoms with Crippen molar-refractivity contribution in [2.24, 2.45) is 10.9 Å². The Labute approximate surface area is 189 Å². The SMILES string of the molecule is CCNC(=NCCc1ccc(F)cc1Cl)N1CCC(CN2CCOCC2)C1.I. The van der Waals surface area contributed by atoms with Gasteiger partial charge in [-0.05, 0) is 43.4 Å². The van der Waals surface area contributed by atoms with E-state index in [0.29, 0.717) is 23.9 Å². The number of benzene rings is 1. The first kappa shape index (κ1) is 23.6. The Morgan fingerprint density at radius 2 is 2.11 bits per heavy atom. The van der Waals surface area contributed by atoms with Crippen molar-refractivity contribution in [3.8, 4) is 0 Å². The molecule has 0 aromatic heterocycles. The molecule has 2 saturated heterocycles. The first-order chi connectivity index (χ1) is 13.2. The lowest BCUT2D eigenvalue weighted by molar-refractivity contribution is 0.0315. The van der Waals surface area contributed by atoms with Crippen LogP contribution in [0, 0.1) is 11.7 Å². The van der Waals surface area contributed by atoms with Crippen LogP contribution in [-0.2, 0) is 11.2 Å². The van der Waals surface area contributed by atoms with E-state index < -0.39 is 0 Å². The summed E-state index contributed by atoms with van der Waals surface area (Å²) in [6.07, 6.45) is 1.91. The minimum atomic E-state index is -0.302. The fraction of sp³-hybridized carbons (Fsp3) is 0.650. The van der Waals surface area contributed by atoms with Crippen molar-refractivity contribution in [2.75, 3.05) is 59.0 Å². The van der Waals surface area contributed by atoms with Gasteiger partial charge in [0.2, 0.25) is 0 Å². The molecule has 1 aromatic rings. The molecule has 158 valence electrons. The molecule has 0 radical (unpaired) electrons. The number of nitrogens with zero attached hydrogens (tertiary/aromatic N) is 3. The molecule has 0 spiro atoms. The Hall–Kier alpha value is -0.640. The zero-order valence-electron chi connectivity index (χ0n) is 16.5. The summed E-state index contributed by atoms with van der Waals surface area (Å²) in [5.41, 5.74) is 0.935. The third-order valence-corrected chi connectivity index (χ3v) is 5.55. The number of ether oxygens (including phenoxy) is 1. The van der Waals surface area contributed by atoms with Gasteiger partial charge in [0, 0.05) is 50.8 Å². The number of morpholine rings is 1. The Morgan fingerprint density at radius 1 is 1.32 bits per heavy atom. The molecule has 28 heavy (non-hydrogen) atoms. The number of likely N-dealkylation sites (tertiary alicyclic amines) is 1. The van der Waals surface area contributed by atoms with Gasteiger partial charge in [0.15, 0.2) is 5.96 Å². The summed E-state index contributed by atoms with van der Waals surface area (Å²) >= 11 is 6.12. The van der Waals surface area contributed by atoms with E-state index in [1.807, 2.05) is 0 Å². The zero-order chi connectivity index (χ0) is 19.1. The van der Waals surface area contributed by atoms with Crippen molar-refractivity contribution in [1.82, 2.24) is 15.1 Å². The lowest BCUT2D eigenvalue weighted by atomic mass is 10.1.